The summed E-state index contributed by atoms with van der Waals surface area (Å²) in [5.41, 5.74) is 1.18. The summed E-state index contributed by atoms with van der Waals surface area (Å²) in [6.45, 7) is 0.757. The highest BCUT2D eigenvalue weighted by atomic mass is 35.5. The molecule has 1 aromatic carbocycles. The molecule has 10 nitrogen and oxygen atoms in total. The van der Waals surface area contributed by atoms with Crippen molar-refractivity contribution in [3.63, 3.8) is 0 Å². The van der Waals surface area contributed by atoms with Gasteiger partial charge in [-0.3, -0.25) is 9.59 Å². The number of nitrogens with two attached hydrogens (primary N) is 1. The van der Waals surface area contributed by atoms with Crippen LogP contribution in [-0.2, 0) is 25.3 Å². The molecule has 3 aromatic heterocycles. The van der Waals surface area contributed by atoms with E-state index in [0.29, 0.717) is 5.56 Å². The van der Waals surface area contributed by atoms with E-state index in [1.165, 1.54) is 30.5 Å². The van der Waals surface area contributed by atoms with Gasteiger partial charge in [0.1, 0.15) is 12.2 Å². The van der Waals surface area contributed by atoms with Crippen LogP contribution in [0.2, 0.25) is 5.02 Å². The predicted molar refractivity (Wildman–Crippen MR) is 128 cm³/mol. The van der Waals surface area contributed by atoms with Crippen molar-refractivity contribution >= 4 is 23.3 Å². The molecule has 0 saturated heterocycles. The number of rotatable bonds is 7. The molecule has 0 atom stereocenters. The Labute approximate surface area is 230 Å². The topological polar surface area (TPSA) is 145 Å². The second-order valence-corrected chi connectivity index (χ2v) is 8.97. The molecule has 0 unspecified atom stereocenters. The molecule has 0 bridgehead atoms. The van der Waals surface area contributed by atoms with Crippen molar-refractivity contribution in [3.8, 4) is 11.9 Å². The lowest BCUT2D eigenvalue weighted by atomic mass is 9.93. The standard InChI is InChI=1S/C24H15ClF6N8O2/c1-11-5-12(9-32)6-15(21(33)41)14(11)8-18(40)17-7-13(35-39(17)22-16(25)3-2-4-34-22)10-38-36-19(23(26,27)28)20(37-38)24(29,30)31/h2-7H,8,10H2,1H3,(H2,33,41). The number of alkyl halides is 6. The number of benzene rings is 1. The van der Waals surface area contributed by atoms with E-state index in [0.717, 1.165) is 10.7 Å². The first kappa shape index (κ1) is 29.2. The van der Waals surface area contributed by atoms with E-state index in [2.05, 4.69) is 20.3 Å². The number of carbonyl (C=O) groups is 2. The van der Waals surface area contributed by atoms with Gasteiger partial charge in [-0.05, 0) is 48.4 Å². The van der Waals surface area contributed by atoms with Gasteiger partial charge in [-0.1, -0.05) is 11.6 Å². The number of nitrogens with zero attached hydrogens (tertiary/aromatic N) is 7. The molecule has 41 heavy (non-hydrogen) atoms. The maximum absolute atomic E-state index is 13.5. The summed E-state index contributed by atoms with van der Waals surface area (Å²) in [6, 6.07) is 8.52. The first-order valence-corrected chi connectivity index (χ1v) is 11.6. The first-order chi connectivity index (χ1) is 19.1. The normalized spacial score (nSPS) is 11.9. The van der Waals surface area contributed by atoms with Gasteiger partial charge in [0.2, 0.25) is 5.91 Å². The van der Waals surface area contributed by atoms with Gasteiger partial charge >= 0.3 is 12.4 Å². The number of ketones is 1. The lowest BCUT2D eigenvalue weighted by Gasteiger charge is -2.12. The molecule has 0 aliphatic carbocycles. The molecule has 0 saturated carbocycles. The number of aryl methyl sites for hydroxylation is 1. The average molecular weight is 597 g/mol. The number of primary amides is 1. The number of halogens is 7. The first-order valence-electron chi connectivity index (χ1n) is 11.3. The van der Waals surface area contributed by atoms with E-state index in [4.69, 9.17) is 17.3 Å². The molecule has 3 heterocycles. The zero-order valence-corrected chi connectivity index (χ0v) is 21.3. The van der Waals surface area contributed by atoms with Crippen LogP contribution in [-0.4, -0.2) is 41.4 Å². The van der Waals surface area contributed by atoms with Crippen molar-refractivity contribution in [3.05, 3.63) is 86.6 Å². The minimum atomic E-state index is -5.44. The highest BCUT2D eigenvalue weighted by molar-refractivity contribution is 6.32. The summed E-state index contributed by atoms with van der Waals surface area (Å²) >= 11 is 6.21. The Bertz CT molecular complexity index is 1690. The number of amides is 1. The third-order valence-corrected chi connectivity index (χ3v) is 5.98. The number of pyridine rings is 1. The summed E-state index contributed by atoms with van der Waals surface area (Å²) in [4.78, 5) is 29.8. The van der Waals surface area contributed by atoms with Gasteiger partial charge in [0, 0.05) is 18.2 Å². The number of hydrogen-bond acceptors (Lipinski definition) is 7. The number of aromatic nitrogens is 6. The van der Waals surface area contributed by atoms with Crippen LogP contribution < -0.4 is 5.73 Å². The SMILES string of the molecule is Cc1cc(C#N)cc(C(N)=O)c1CC(=O)c1cc(Cn2nc(C(F)(F)F)c(C(F)(F)F)n2)nn1-c1ncccc1Cl. The van der Waals surface area contributed by atoms with Crippen LogP contribution in [0.15, 0.2) is 36.5 Å². The lowest BCUT2D eigenvalue weighted by molar-refractivity contribution is -0.165. The van der Waals surface area contributed by atoms with Crippen LogP contribution in [0.4, 0.5) is 26.3 Å². The Morgan fingerprint density at radius 2 is 1.68 bits per heavy atom. The van der Waals surface area contributed by atoms with Crippen molar-refractivity contribution in [1.29, 1.82) is 5.26 Å². The molecular formula is C24H15ClF6N8O2. The Balaban J connectivity index is 1.80. The van der Waals surface area contributed by atoms with Crippen molar-refractivity contribution in [2.75, 3.05) is 0 Å². The van der Waals surface area contributed by atoms with Gasteiger partial charge in [0.15, 0.2) is 23.0 Å². The Morgan fingerprint density at radius 3 is 2.22 bits per heavy atom. The molecule has 1 amide bonds. The van der Waals surface area contributed by atoms with Crippen molar-refractivity contribution < 1.29 is 35.9 Å². The van der Waals surface area contributed by atoms with E-state index >= 15 is 0 Å². The summed E-state index contributed by atoms with van der Waals surface area (Å²) in [6.07, 6.45) is -10.0. The van der Waals surface area contributed by atoms with Crippen molar-refractivity contribution in [1.82, 2.24) is 29.8 Å². The molecule has 212 valence electrons. The van der Waals surface area contributed by atoms with Crippen LogP contribution >= 0.6 is 11.6 Å². The fourth-order valence-corrected chi connectivity index (χ4v) is 4.13. The fraction of sp³-hybridized carbons (Fsp3) is 0.208. The van der Waals surface area contributed by atoms with E-state index < -0.39 is 48.4 Å². The molecule has 4 rings (SSSR count). The van der Waals surface area contributed by atoms with E-state index in [9.17, 15) is 41.2 Å². The largest absolute Gasteiger partial charge is 0.437 e. The fourth-order valence-electron chi connectivity index (χ4n) is 3.93. The Kier molecular flexibility index (Phi) is 7.59. The summed E-state index contributed by atoms with van der Waals surface area (Å²) < 4.78 is 80.1. The third-order valence-electron chi connectivity index (χ3n) is 5.69. The van der Waals surface area contributed by atoms with Crippen LogP contribution in [0.5, 0.6) is 0 Å². The second-order valence-electron chi connectivity index (χ2n) is 8.56. The van der Waals surface area contributed by atoms with Crippen molar-refractivity contribution in [2.24, 2.45) is 5.73 Å². The minimum Gasteiger partial charge on any atom is -0.366 e. The molecular weight excluding hydrogens is 582 g/mol. The second kappa shape index (κ2) is 10.7. The van der Waals surface area contributed by atoms with Crippen molar-refractivity contribution in [2.45, 2.75) is 32.2 Å². The zero-order chi connectivity index (χ0) is 30.3. The quantitative estimate of drug-likeness (QED) is 0.247. The number of Topliss-reactive ketones (excluding diaryl/α,β-unsaturated/α-hetero) is 1. The Hall–Kier alpha value is -4.78. The maximum Gasteiger partial charge on any atom is 0.437 e. The van der Waals surface area contributed by atoms with Gasteiger partial charge < -0.3 is 5.73 Å². The predicted octanol–water partition coefficient (Wildman–Crippen LogP) is 4.30. The summed E-state index contributed by atoms with van der Waals surface area (Å²) in [5.74, 6) is -1.67. The molecule has 0 radical (unpaired) electrons. The van der Waals surface area contributed by atoms with Gasteiger partial charge in [-0.2, -0.15) is 41.5 Å². The average Bonchev–Trinajstić information content (AvgIpc) is 3.50. The highest BCUT2D eigenvalue weighted by Gasteiger charge is 2.48. The number of nitriles is 1. The van der Waals surface area contributed by atoms with Gasteiger partial charge in [0.05, 0.1) is 22.3 Å². The Morgan fingerprint density at radius 1 is 1.05 bits per heavy atom. The third kappa shape index (κ3) is 6.04. The molecule has 17 heteroatoms. The van der Waals surface area contributed by atoms with Crippen LogP contribution in [0, 0.1) is 18.3 Å². The van der Waals surface area contributed by atoms with Crippen LogP contribution in [0.1, 0.15) is 54.6 Å². The summed E-state index contributed by atoms with van der Waals surface area (Å²) in [5, 5.41) is 19.2. The van der Waals surface area contributed by atoms with Gasteiger partial charge in [0.25, 0.3) is 0 Å². The van der Waals surface area contributed by atoms with Crippen LogP contribution in [0.25, 0.3) is 5.82 Å². The molecule has 0 fully saturated rings. The minimum absolute atomic E-state index is 0.0134. The molecule has 0 aliphatic heterocycles. The highest BCUT2D eigenvalue weighted by Crippen LogP contribution is 2.38. The number of hydrogen-bond donors (Lipinski definition) is 1. The number of carbonyl (C=O) groups excluding carboxylic acids is 2. The van der Waals surface area contributed by atoms with E-state index in [-0.39, 0.29) is 43.7 Å². The molecule has 2 N–H and O–H groups in total. The monoisotopic (exact) mass is 596 g/mol. The zero-order valence-electron chi connectivity index (χ0n) is 20.5. The van der Waals surface area contributed by atoms with Gasteiger partial charge in [-0.15, -0.1) is 10.2 Å². The lowest BCUT2D eigenvalue weighted by Crippen LogP contribution is -2.19. The smallest absolute Gasteiger partial charge is 0.366 e. The van der Waals surface area contributed by atoms with E-state index in [1.54, 1.807) is 6.92 Å². The molecule has 0 spiro atoms. The summed E-state index contributed by atoms with van der Waals surface area (Å²) in [7, 11) is 0. The maximum atomic E-state index is 13.5. The van der Waals surface area contributed by atoms with Crippen LogP contribution in [0.3, 0.4) is 0 Å². The molecule has 0 aliphatic rings. The van der Waals surface area contributed by atoms with E-state index in [1.807, 2.05) is 6.07 Å². The molecule has 4 aromatic rings. The van der Waals surface area contributed by atoms with Gasteiger partial charge in [-0.25, -0.2) is 9.67 Å².